The maximum absolute atomic E-state index is 11.6. The second-order valence-corrected chi connectivity index (χ2v) is 4.85. The normalized spacial score (nSPS) is 24.4. The summed E-state index contributed by atoms with van der Waals surface area (Å²) in [7, 11) is 0. The van der Waals surface area contributed by atoms with E-state index in [1.165, 1.54) is 0 Å². The fourth-order valence-electron chi connectivity index (χ4n) is 2.75. The fourth-order valence-corrected chi connectivity index (χ4v) is 2.75. The van der Waals surface area contributed by atoms with Crippen LogP contribution in [0.4, 0.5) is 0 Å². The Balaban J connectivity index is 2.29. The summed E-state index contributed by atoms with van der Waals surface area (Å²) >= 11 is 0. The van der Waals surface area contributed by atoms with Crippen LogP contribution in [0.1, 0.15) is 32.1 Å². The number of carboxylic acids is 1. The molecule has 3 N–H and O–H groups in total. The highest BCUT2D eigenvalue weighted by Crippen LogP contribution is 2.40. The molecule has 18 heavy (non-hydrogen) atoms. The van der Waals surface area contributed by atoms with Gasteiger partial charge in [0.15, 0.2) is 0 Å². The smallest absolute Gasteiger partial charge is 0.313 e. The van der Waals surface area contributed by atoms with Gasteiger partial charge in [-0.1, -0.05) is 19.3 Å². The molecule has 2 aliphatic rings. The SMILES string of the molecule is NC(N1C(=O)C=CC1=O)C1(C(=O)O)CCCCC1. The summed E-state index contributed by atoms with van der Waals surface area (Å²) in [6.45, 7) is 0. The van der Waals surface area contributed by atoms with Crippen molar-refractivity contribution in [2.75, 3.05) is 0 Å². The summed E-state index contributed by atoms with van der Waals surface area (Å²) in [6, 6.07) is 0. The molecule has 0 saturated heterocycles. The van der Waals surface area contributed by atoms with E-state index in [4.69, 9.17) is 5.73 Å². The van der Waals surface area contributed by atoms with E-state index in [-0.39, 0.29) is 0 Å². The highest BCUT2D eigenvalue weighted by atomic mass is 16.4. The number of carboxylic acid groups (broad SMARTS) is 1. The zero-order valence-electron chi connectivity index (χ0n) is 9.96. The standard InChI is InChI=1S/C12H16N2O4/c13-10(14-8(15)4-5-9(14)16)12(11(17)18)6-2-1-3-7-12/h4-5,10H,1-3,6-7,13H2,(H,17,18). The molecule has 1 heterocycles. The molecule has 1 aliphatic carbocycles. The lowest BCUT2D eigenvalue weighted by Gasteiger charge is -2.41. The average molecular weight is 252 g/mol. The Morgan fingerprint density at radius 3 is 2.17 bits per heavy atom. The number of nitrogens with zero attached hydrogens (tertiary/aromatic N) is 1. The third kappa shape index (κ3) is 1.82. The topological polar surface area (TPSA) is 101 Å². The molecule has 1 fully saturated rings. The van der Waals surface area contributed by atoms with Crippen molar-refractivity contribution in [3.8, 4) is 0 Å². The number of hydrogen-bond donors (Lipinski definition) is 2. The molecule has 1 unspecified atom stereocenters. The number of hydrogen-bond acceptors (Lipinski definition) is 4. The highest BCUT2D eigenvalue weighted by Gasteiger charge is 2.50. The maximum atomic E-state index is 11.6. The van der Waals surface area contributed by atoms with E-state index < -0.39 is 29.4 Å². The summed E-state index contributed by atoms with van der Waals surface area (Å²) in [5.41, 5.74) is 4.74. The van der Waals surface area contributed by atoms with E-state index in [2.05, 4.69) is 0 Å². The van der Waals surface area contributed by atoms with Crippen LogP contribution in [0.3, 0.4) is 0 Å². The van der Waals surface area contributed by atoms with Gasteiger partial charge in [0.05, 0.1) is 0 Å². The summed E-state index contributed by atoms with van der Waals surface area (Å²) in [4.78, 5) is 35.6. The van der Waals surface area contributed by atoms with Gasteiger partial charge in [0.1, 0.15) is 11.6 Å². The van der Waals surface area contributed by atoms with Crippen molar-refractivity contribution >= 4 is 17.8 Å². The van der Waals surface area contributed by atoms with E-state index in [1.807, 2.05) is 0 Å². The van der Waals surface area contributed by atoms with Gasteiger partial charge in [0.25, 0.3) is 11.8 Å². The number of carbonyl (C=O) groups excluding carboxylic acids is 2. The first-order valence-corrected chi connectivity index (χ1v) is 6.03. The van der Waals surface area contributed by atoms with Crippen molar-refractivity contribution in [2.45, 2.75) is 38.3 Å². The molecule has 2 amide bonds. The van der Waals surface area contributed by atoms with Gasteiger partial charge in [0, 0.05) is 12.2 Å². The summed E-state index contributed by atoms with van der Waals surface area (Å²) in [6.07, 6.45) is 4.43. The molecule has 0 aromatic carbocycles. The van der Waals surface area contributed by atoms with E-state index in [0.717, 1.165) is 36.3 Å². The van der Waals surface area contributed by atoms with Crippen LogP contribution in [0.5, 0.6) is 0 Å². The number of rotatable bonds is 3. The minimum atomic E-state index is -1.20. The van der Waals surface area contributed by atoms with Gasteiger partial charge in [0.2, 0.25) is 0 Å². The zero-order chi connectivity index (χ0) is 13.3. The van der Waals surface area contributed by atoms with Crippen molar-refractivity contribution in [2.24, 2.45) is 11.1 Å². The molecular formula is C12H16N2O4. The minimum Gasteiger partial charge on any atom is -0.481 e. The van der Waals surface area contributed by atoms with Crippen LogP contribution < -0.4 is 5.73 Å². The number of carbonyl (C=O) groups is 3. The van der Waals surface area contributed by atoms with Gasteiger partial charge < -0.3 is 10.8 Å². The predicted octanol–water partition coefficient (Wildman–Crippen LogP) is 0.231. The Kier molecular flexibility index (Phi) is 3.21. The average Bonchev–Trinajstić information content (AvgIpc) is 2.69. The molecule has 6 nitrogen and oxygen atoms in total. The minimum absolute atomic E-state index is 0.403. The molecule has 0 spiro atoms. The number of nitrogens with two attached hydrogens (primary N) is 1. The van der Waals surface area contributed by atoms with Gasteiger partial charge in [-0.3, -0.25) is 19.3 Å². The van der Waals surface area contributed by atoms with Gasteiger partial charge in [-0.25, -0.2) is 0 Å². The highest BCUT2D eigenvalue weighted by molar-refractivity contribution is 6.13. The monoisotopic (exact) mass is 252 g/mol. The van der Waals surface area contributed by atoms with Crippen molar-refractivity contribution in [1.29, 1.82) is 0 Å². The van der Waals surface area contributed by atoms with E-state index in [9.17, 15) is 19.5 Å². The molecule has 1 aliphatic heterocycles. The second-order valence-electron chi connectivity index (χ2n) is 4.85. The van der Waals surface area contributed by atoms with Crippen LogP contribution >= 0.6 is 0 Å². The first-order chi connectivity index (χ1) is 8.49. The van der Waals surface area contributed by atoms with Crippen molar-refractivity contribution in [3.63, 3.8) is 0 Å². The van der Waals surface area contributed by atoms with Crippen LogP contribution in [-0.4, -0.2) is 34.0 Å². The maximum Gasteiger partial charge on any atom is 0.313 e. The summed E-state index contributed by atoms with van der Waals surface area (Å²) < 4.78 is 0. The lowest BCUT2D eigenvalue weighted by molar-refractivity contribution is -0.160. The lowest BCUT2D eigenvalue weighted by atomic mass is 9.71. The quantitative estimate of drug-likeness (QED) is 0.700. The van der Waals surface area contributed by atoms with Gasteiger partial charge in [-0.05, 0) is 12.8 Å². The molecule has 0 bridgehead atoms. The molecule has 1 saturated carbocycles. The largest absolute Gasteiger partial charge is 0.481 e. The van der Waals surface area contributed by atoms with Crippen molar-refractivity contribution in [3.05, 3.63) is 12.2 Å². The molecule has 0 aromatic rings. The molecule has 0 radical (unpaired) electrons. The lowest BCUT2D eigenvalue weighted by Crippen LogP contribution is -2.59. The number of aliphatic carboxylic acids is 1. The van der Waals surface area contributed by atoms with Crippen LogP contribution in [0.2, 0.25) is 0 Å². The molecular weight excluding hydrogens is 236 g/mol. The molecule has 6 heteroatoms. The second kappa shape index (κ2) is 4.53. The Morgan fingerprint density at radius 1 is 1.22 bits per heavy atom. The molecule has 1 atom stereocenters. The molecule has 98 valence electrons. The van der Waals surface area contributed by atoms with Crippen molar-refractivity contribution in [1.82, 2.24) is 4.90 Å². The fraction of sp³-hybridized carbons (Fsp3) is 0.583. The predicted molar refractivity (Wildman–Crippen MR) is 62.1 cm³/mol. The third-order valence-electron chi connectivity index (χ3n) is 3.86. The number of amides is 2. The van der Waals surface area contributed by atoms with Crippen LogP contribution in [0, 0.1) is 5.41 Å². The van der Waals surface area contributed by atoms with Gasteiger partial charge >= 0.3 is 5.97 Å². The zero-order valence-corrected chi connectivity index (χ0v) is 9.96. The Morgan fingerprint density at radius 2 is 1.72 bits per heavy atom. The Hall–Kier alpha value is -1.69. The van der Waals surface area contributed by atoms with E-state index >= 15 is 0 Å². The van der Waals surface area contributed by atoms with Gasteiger partial charge in [-0.15, -0.1) is 0 Å². The summed E-state index contributed by atoms with van der Waals surface area (Å²) in [5.74, 6) is -2.08. The summed E-state index contributed by atoms with van der Waals surface area (Å²) in [5, 5.41) is 9.44. The Labute approximate surface area is 104 Å². The van der Waals surface area contributed by atoms with Crippen LogP contribution in [-0.2, 0) is 14.4 Å². The Bertz CT molecular complexity index is 406. The van der Waals surface area contributed by atoms with E-state index in [0.29, 0.717) is 12.8 Å². The van der Waals surface area contributed by atoms with Crippen LogP contribution in [0.25, 0.3) is 0 Å². The first kappa shape index (κ1) is 12.8. The number of imide groups is 1. The third-order valence-corrected chi connectivity index (χ3v) is 3.86. The van der Waals surface area contributed by atoms with Crippen LogP contribution in [0.15, 0.2) is 12.2 Å². The van der Waals surface area contributed by atoms with E-state index in [1.54, 1.807) is 0 Å². The van der Waals surface area contributed by atoms with Gasteiger partial charge in [-0.2, -0.15) is 0 Å². The van der Waals surface area contributed by atoms with Crippen molar-refractivity contribution < 1.29 is 19.5 Å². The first-order valence-electron chi connectivity index (χ1n) is 6.03. The molecule has 2 rings (SSSR count). The molecule has 0 aromatic heterocycles.